The monoisotopic (exact) mass is 475 g/mol. The lowest BCUT2D eigenvalue weighted by molar-refractivity contribution is -0.123. The fourth-order valence-electron chi connectivity index (χ4n) is 5.58. The molecule has 0 aromatic heterocycles. The molecular weight excluding hydrogens is 442 g/mol. The highest BCUT2D eigenvalue weighted by Gasteiger charge is 2.54. The largest absolute Gasteiger partial charge is 0.508 e. The molecule has 4 atom stereocenters. The second-order valence-electron chi connectivity index (χ2n) is 9.51. The molecule has 0 bridgehead atoms. The van der Waals surface area contributed by atoms with E-state index in [9.17, 15) is 24.9 Å². The average Bonchev–Trinajstić information content (AvgIpc) is 3.11. The minimum absolute atomic E-state index is 0.217. The molecule has 1 heterocycles. The molecule has 2 amide bonds. The summed E-state index contributed by atoms with van der Waals surface area (Å²) >= 11 is 0. The van der Waals surface area contributed by atoms with Crippen LogP contribution in [0, 0.1) is 17.8 Å². The number of benzene rings is 2. The van der Waals surface area contributed by atoms with Crippen LogP contribution in [0.1, 0.15) is 45.1 Å². The molecule has 184 valence electrons. The Kier molecular flexibility index (Phi) is 7.53. The highest BCUT2D eigenvalue weighted by atomic mass is 16.3. The number of aliphatic hydroxyl groups is 2. The molecule has 6 heteroatoms. The van der Waals surface area contributed by atoms with Crippen LogP contribution in [0.3, 0.4) is 0 Å². The maximum Gasteiger partial charge on any atom is 0.238 e. The van der Waals surface area contributed by atoms with Gasteiger partial charge in [0.05, 0.1) is 30.2 Å². The molecule has 35 heavy (non-hydrogen) atoms. The van der Waals surface area contributed by atoms with Gasteiger partial charge < -0.3 is 15.3 Å². The van der Waals surface area contributed by atoms with Crippen molar-refractivity contribution in [2.45, 2.75) is 45.6 Å². The van der Waals surface area contributed by atoms with Crippen LogP contribution >= 0.6 is 0 Å². The minimum atomic E-state index is -0.809. The van der Waals surface area contributed by atoms with E-state index in [1.165, 1.54) is 4.90 Å². The summed E-state index contributed by atoms with van der Waals surface area (Å²) in [6.45, 7) is 3.66. The number of amides is 2. The molecule has 0 spiro atoms. The van der Waals surface area contributed by atoms with Crippen LogP contribution in [-0.2, 0) is 9.59 Å². The van der Waals surface area contributed by atoms with Gasteiger partial charge in [-0.3, -0.25) is 14.5 Å². The molecule has 1 aliphatic carbocycles. The number of nitrogens with zero attached hydrogens (tertiary/aromatic N) is 1. The van der Waals surface area contributed by atoms with E-state index in [0.29, 0.717) is 30.5 Å². The Bertz CT molecular complexity index is 1140. The number of phenols is 1. The molecule has 1 aliphatic heterocycles. The third kappa shape index (κ3) is 4.95. The first-order valence-corrected chi connectivity index (χ1v) is 12.3. The zero-order chi connectivity index (χ0) is 25.1. The van der Waals surface area contributed by atoms with Crippen molar-refractivity contribution in [3.8, 4) is 5.75 Å². The van der Waals surface area contributed by atoms with Crippen molar-refractivity contribution in [2.24, 2.45) is 17.8 Å². The molecule has 2 aromatic rings. The Balaban J connectivity index is 1.53. The van der Waals surface area contributed by atoms with Gasteiger partial charge in [-0.1, -0.05) is 54.5 Å². The number of aromatic hydroxyl groups is 1. The Morgan fingerprint density at radius 3 is 2.40 bits per heavy atom. The summed E-state index contributed by atoms with van der Waals surface area (Å²) in [5, 5.41) is 31.0. The number of phenolic OH excluding ortho intramolecular Hbond substituents is 1. The lowest BCUT2D eigenvalue weighted by Gasteiger charge is -2.35. The molecule has 6 nitrogen and oxygen atoms in total. The fraction of sp³-hybridized carbons (Fsp3) is 0.379. The second-order valence-corrected chi connectivity index (χ2v) is 9.51. The summed E-state index contributed by atoms with van der Waals surface area (Å²) in [5.41, 5.74) is 4.26. The number of hydrogen-bond acceptors (Lipinski definition) is 5. The van der Waals surface area contributed by atoms with Gasteiger partial charge in [0.15, 0.2) is 0 Å². The first kappa shape index (κ1) is 24.9. The molecule has 0 unspecified atom stereocenters. The van der Waals surface area contributed by atoms with E-state index in [0.717, 1.165) is 23.1 Å². The third-order valence-corrected chi connectivity index (χ3v) is 7.36. The fourth-order valence-corrected chi connectivity index (χ4v) is 5.58. The number of carbonyl (C=O) groups excluding carboxylic acids is 2. The molecule has 4 rings (SSSR count). The van der Waals surface area contributed by atoms with E-state index >= 15 is 0 Å². The van der Waals surface area contributed by atoms with Crippen LogP contribution in [0.15, 0.2) is 71.3 Å². The van der Waals surface area contributed by atoms with E-state index in [4.69, 9.17) is 0 Å². The summed E-state index contributed by atoms with van der Waals surface area (Å²) in [4.78, 5) is 27.8. The van der Waals surface area contributed by atoms with Gasteiger partial charge in [0.2, 0.25) is 11.8 Å². The summed E-state index contributed by atoms with van der Waals surface area (Å²) in [6.07, 6.45) is 3.60. The maximum absolute atomic E-state index is 13.4. The number of imide groups is 1. The third-order valence-electron chi connectivity index (χ3n) is 7.36. The molecule has 0 saturated carbocycles. The van der Waals surface area contributed by atoms with Crippen molar-refractivity contribution in [1.82, 2.24) is 0 Å². The maximum atomic E-state index is 13.4. The summed E-state index contributed by atoms with van der Waals surface area (Å²) in [5.74, 6) is -2.09. The van der Waals surface area contributed by atoms with E-state index in [1.54, 1.807) is 36.4 Å². The molecule has 1 fully saturated rings. The van der Waals surface area contributed by atoms with Gasteiger partial charge in [-0.05, 0) is 68.0 Å². The number of rotatable bonds is 8. The van der Waals surface area contributed by atoms with E-state index in [-0.39, 0.29) is 24.2 Å². The zero-order valence-electron chi connectivity index (χ0n) is 20.2. The van der Waals surface area contributed by atoms with E-state index in [2.05, 4.69) is 13.0 Å². The molecule has 0 radical (unpaired) electrons. The predicted molar refractivity (Wildman–Crippen MR) is 135 cm³/mol. The molecule has 2 aliphatic rings. The van der Waals surface area contributed by atoms with Crippen LogP contribution in [0.4, 0.5) is 5.69 Å². The molecular formula is C29H33NO5. The predicted octanol–water partition coefficient (Wildman–Crippen LogP) is 4.46. The smallest absolute Gasteiger partial charge is 0.238 e. The minimum Gasteiger partial charge on any atom is -0.508 e. The summed E-state index contributed by atoms with van der Waals surface area (Å²) in [6, 6.07) is 15.9. The first-order chi connectivity index (χ1) is 16.8. The van der Waals surface area contributed by atoms with Gasteiger partial charge in [-0.2, -0.15) is 0 Å². The summed E-state index contributed by atoms with van der Waals surface area (Å²) < 4.78 is 0. The molecule has 1 saturated heterocycles. The zero-order valence-corrected chi connectivity index (χ0v) is 20.2. The number of allylic oxidation sites excluding steroid dienone is 2. The van der Waals surface area contributed by atoms with Gasteiger partial charge in [-0.25, -0.2) is 0 Å². The molecule has 2 aromatic carbocycles. The normalized spacial score (nSPS) is 23.6. The number of anilines is 1. The Labute approximate surface area is 206 Å². The van der Waals surface area contributed by atoms with Crippen molar-refractivity contribution >= 4 is 23.6 Å². The second kappa shape index (κ2) is 10.6. The van der Waals surface area contributed by atoms with Crippen molar-refractivity contribution < 1.29 is 24.9 Å². The SMILES string of the molecule is CC/C(=C\c1ccc(O)cc1)CC[C@@H](O)C1=C(C)C[C@H]2C(=O)N(c3ccccc3)C(=O)[C@H]2[C@H]1CO. The van der Waals surface area contributed by atoms with Crippen molar-refractivity contribution in [1.29, 1.82) is 0 Å². The Morgan fingerprint density at radius 1 is 1.09 bits per heavy atom. The van der Waals surface area contributed by atoms with Gasteiger partial charge in [0.1, 0.15) is 5.75 Å². The number of fused-ring (bicyclic) bond motifs is 1. The van der Waals surface area contributed by atoms with Crippen LogP contribution in [0.5, 0.6) is 5.75 Å². The van der Waals surface area contributed by atoms with Crippen molar-refractivity contribution in [3.63, 3.8) is 0 Å². The van der Waals surface area contributed by atoms with E-state index in [1.807, 2.05) is 25.1 Å². The van der Waals surface area contributed by atoms with Crippen molar-refractivity contribution in [3.05, 3.63) is 76.9 Å². The van der Waals surface area contributed by atoms with E-state index < -0.39 is 23.9 Å². The first-order valence-electron chi connectivity index (χ1n) is 12.3. The van der Waals surface area contributed by atoms with Crippen LogP contribution in [0.25, 0.3) is 6.08 Å². The number of aliphatic hydroxyl groups excluding tert-OH is 2. The summed E-state index contributed by atoms with van der Waals surface area (Å²) in [7, 11) is 0. The standard InChI is InChI=1S/C29H33NO5/c1-3-19(16-20-9-12-22(32)13-10-20)11-14-25(33)26-18(2)15-23-27(24(26)17-31)29(35)30(28(23)34)21-7-5-4-6-8-21/h4-10,12-13,16,23-25,27,31-33H,3,11,14-15,17H2,1-2H3/b19-16+/t23-,24+,25-,27-/m1/s1. The number of para-hydroxylation sites is 1. The van der Waals surface area contributed by atoms with Crippen molar-refractivity contribution in [2.75, 3.05) is 11.5 Å². The van der Waals surface area contributed by atoms with Crippen LogP contribution in [-0.4, -0.2) is 39.8 Å². The highest BCUT2D eigenvalue weighted by molar-refractivity contribution is 6.22. The van der Waals surface area contributed by atoms with Crippen LogP contribution in [0.2, 0.25) is 0 Å². The molecule has 3 N–H and O–H groups in total. The van der Waals surface area contributed by atoms with Gasteiger partial charge in [0, 0.05) is 5.92 Å². The highest BCUT2D eigenvalue weighted by Crippen LogP contribution is 2.47. The van der Waals surface area contributed by atoms with Gasteiger partial charge in [0.25, 0.3) is 0 Å². The lowest BCUT2D eigenvalue weighted by atomic mass is 9.68. The van der Waals surface area contributed by atoms with Crippen LogP contribution < -0.4 is 4.90 Å². The number of carbonyl (C=O) groups is 2. The topological polar surface area (TPSA) is 98.1 Å². The Hall–Kier alpha value is -3.22. The average molecular weight is 476 g/mol. The number of hydrogen-bond donors (Lipinski definition) is 3. The lowest BCUT2D eigenvalue weighted by Crippen LogP contribution is -2.38. The quantitative estimate of drug-likeness (QED) is 0.387. The Morgan fingerprint density at radius 2 is 1.77 bits per heavy atom. The van der Waals surface area contributed by atoms with Gasteiger partial charge in [-0.15, -0.1) is 0 Å². The van der Waals surface area contributed by atoms with Gasteiger partial charge >= 0.3 is 0 Å².